The Morgan fingerprint density at radius 1 is 1.47 bits per heavy atom. The number of H-pyrrole nitrogens is 1. The molecule has 1 saturated heterocycles. The van der Waals surface area contributed by atoms with E-state index in [1.54, 1.807) is 6.92 Å². The predicted octanol–water partition coefficient (Wildman–Crippen LogP) is 0.0476. The van der Waals surface area contributed by atoms with E-state index in [0.717, 1.165) is 12.2 Å². The first kappa shape index (κ1) is 10.3. The fourth-order valence-electron chi connectivity index (χ4n) is 1.90. The van der Waals surface area contributed by atoms with Gasteiger partial charge in [0, 0.05) is 12.2 Å². The highest BCUT2D eigenvalue weighted by molar-refractivity contribution is 5.21. The van der Waals surface area contributed by atoms with Gasteiger partial charge in [0.2, 0.25) is 0 Å². The number of ether oxygens (including phenoxy) is 1. The van der Waals surface area contributed by atoms with E-state index in [2.05, 4.69) is 15.3 Å². The third-order valence-corrected chi connectivity index (χ3v) is 2.53. The SMILES string of the molecule is Cc1nc(C)c(C2COCCN2)c(=O)[nH]1. The second-order valence-electron chi connectivity index (χ2n) is 3.73. The molecule has 1 atom stereocenters. The van der Waals surface area contributed by atoms with E-state index in [9.17, 15) is 4.79 Å². The van der Waals surface area contributed by atoms with Crippen LogP contribution in [0.25, 0.3) is 0 Å². The molecule has 2 heterocycles. The molecule has 2 N–H and O–H groups in total. The maximum absolute atomic E-state index is 11.8. The van der Waals surface area contributed by atoms with Crippen LogP contribution in [-0.4, -0.2) is 29.7 Å². The minimum Gasteiger partial charge on any atom is -0.378 e. The fraction of sp³-hybridized carbons (Fsp3) is 0.600. The van der Waals surface area contributed by atoms with Crippen LogP contribution in [0.5, 0.6) is 0 Å². The Morgan fingerprint density at radius 3 is 2.87 bits per heavy atom. The van der Waals surface area contributed by atoms with E-state index in [-0.39, 0.29) is 11.6 Å². The normalized spacial score (nSPS) is 21.6. The lowest BCUT2D eigenvalue weighted by atomic mass is 10.1. The Balaban J connectivity index is 2.38. The van der Waals surface area contributed by atoms with Crippen molar-refractivity contribution in [3.05, 3.63) is 27.4 Å². The lowest BCUT2D eigenvalue weighted by molar-refractivity contribution is 0.0761. The molecule has 0 bridgehead atoms. The average Bonchev–Trinajstić information content (AvgIpc) is 2.17. The fourth-order valence-corrected chi connectivity index (χ4v) is 1.90. The maximum atomic E-state index is 11.8. The van der Waals surface area contributed by atoms with Crippen molar-refractivity contribution in [2.24, 2.45) is 0 Å². The lowest BCUT2D eigenvalue weighted by Crippen LogP contribution is -2.38. The van der Waals surface area contributed by atoms with Crippen LogP contribution in [0.1, 0.15) is 23.1 Å². The molecule has 0 radical (unpaired) electrons. The van der Waals surface area contributed by atoms with Crippen molar-refractivity contribution in [3.63, 3.8) is 0 Å². The van der Waals surface area contributed by atoms with Crippen molar-refractivity contribution < 1.29 is 4.74 Å². The van der Waals surface area contributed by atoms with Gasteiger partial charge < -0.3 is 15.0 Å². The molecule has 0 aromatic carbocycles. The molecule has 1 aromatic rings. The highest BCUT2D eigenvalue weighted by atomic mass is 16.5. The van der Waals surface area contributed by atoms with Gasteiger partial charge in [-0.15, -0.1) is 0 Å². The molecule has 1 aliphatic heterocycles. The summed E-state index contributed by atoms with van der Waals surface area (Å²) in [4.78, 5) is 18.7. The van der Waals surface area contributed by atoms with Crippen molar-refractivity contribution in [1.29, 1.82) is 0 Å². The minimum absolute atomic E-state index is 0.0319. The molecule has 5 heteroatoms. The van der Waals surface area contributed by atoms with Gasteiger partial charge >= 0.3 is 0 Å². The average molecular weight is 209 g/mol. The van der Waals surface area contributed by atoms with Crippen molar-refractivity contribution in [2.75, 3.05) is 19.8 Å². The number of hydrogen-bond acceptors (Lipinski definition) is 4. The first-order chi connectivity index (χ1) is 7.18. The van der Waals surface area contributed by atoms with Gasteiger partial charge in [-0.2, -0.15) is 0 Å². The molecule has 1 aromatic heterocycles. The van der Waals surface area contributed by atoms with Gasteiger partial charge in [0.15, 0.2) is 0 Å². The first-order valence-corrected chi connectivity index (χ1v) is 5.07. The molecular weight excluding hydrogens is 194 g/mol. The molecule has 82 valence electrons. The number of nitrogens with zero attached hydrogens (tertiary/aromatic N) is 1. The van der Waals surface area contributed by atoms with Crippen molar-refractivity contribution in [3.8, 4) is 0 Å². The molecule has 0 amide bonds. The maximum Gasteiger partial charge on any atom is 0.256 e. The molecule has 1 fully saturated rings. The molecule has 1 unspecified atom stereocenters. The van der Waals surface area contributed by atoms with Crippen molar-refractivity contribution in [1.82, 2.24) is 15.3 Å². The molecule has 0 aliphatic carbocycles. The molecule has 1 aliphatic rings. The van der Waals surface area contributed by atoms with Crippen LogP contribution >= 0.6 is 0 Å². The van der Waals surface area contributed by atoms with Gasteiger partial charge in [-0.25, -0.2) is 4.98 Å². The zero-order valence-electron chi connectivity index (χ0n) is 8.96. The van der Waals surface area contributed by atoms with Gasteiger partial charge in [0.1, 0.15) is 5.82 Å². The molecule has 0 spiro atoms. The monoisotopic (exact) mass is 209 g/mol. The predicted molar refractivity (Wildman–Crippen MR) is 55.9 cm³/mol. The second-order valence-corrected chi connectivity index (χ2v) is 3.73. The zero-order chi connectivity index (χ0) is 10.8. The summed E-state index contributed by atoms with van der Waals surface area (Å²) in [6.07, 6.45) is 0. The number of aryl methyl sites for hydroxylation is 2. The number of rotatable bonds is 1. The second kappa shape index (κ2) is 4.12. The van der Waals surface area contributed by atoms with Gasteiger partial charge in [-0.05, 0) is 13.8 Å². The largest absolute Gasteiger partial charge is 0.378 e. The summed E-state index contributed by atoms with van der Waals surface area (Å²) in [7, 11) is 0. The van der Waals surface area contributed by atoms with Crippen molar-refractivity contribution >= 4 is 0 Å². The van der Waals surface area contributed by atoms with Crippen LogP contribution in [0.4, 0.5) is 0 Å². The zero-order valence-corrected chi connectivity index (χ0v) is 8.96. The topological polar surface area (TPSA) is 67.0 Å². The van der Waals surface area contributed by atoms with Crippen LogP contribution in [0.15, 0.2) is 4.79 Å². The molecule has 15 heavy (non-hydrogen) atoms. The Bertz CT molecular complexity index is 408. The number of morpholine rings is 1. The minimum atomic E-state index is -0.0667. The van der Waals surface area contributed by atoms with E-state index >= 15 is 0 Å². The summed E-state index contributed by atoms with van der Waals surface area (Å²) in [5, 5.41) is 3.25. The summed E-state index contributed by atoms with van der Waals surface area (Å²) in [5.41, 5.74) is 1.41. The highest BCUT2D eigenvalue weighted by Crippen LogP contribution is 2.14. The third kappa shape index (κ3) is 2.08. The Hall–Kier alpha value is -1.20. The smallest absolute Gasteiger partial charge is 0.256 e. The number of nitrogens with one attached hydrogen (secondary N) is 2. The summed E-state index contributed by atoms with van der Waals surface area (Å²) >= 11 is 0. The summed E-state index contributed by atoms with van der Waals surface area (Å²) in [6.45, 7) is 5.65. The highest BCUT2D eigenvalue weighted by Gasteiger charge is 2.21. The van der Waals surface area contributed by atoms with E-state index in [4.69, 9.17) is 4.74 Å². The Kier molecular flexibility index (Phi) is 2.83. The van der Waals surface area contributed by atoms with E-state index in [0.29, 0.717) is 24.6 Å². The summed E-state index contributed by atoms with van der Waals surface area (Å²) in [6, 6.07) is -0.0319. The Labute approximate surface area is 87.9 Å². The standard InChI is InChI=1S/C10H15N3O2/c1-6-9(8-5-15-4-3-11-8)10(14)13-7(2)12-6/h8,11H,3-5H2,1-2H3,(H,12,13,14). The first-order valence-electron chi connectivity index (χ1n) is 5.07. The van der Waals surface area contributed by atoms with Crippen LogP contribution in [0, 0.1) is 13.8 Å². The Morgan fingerprint density at radius 2 is 2.27 bits per heavy atom. The molecule has 5 nitrogen and oxygen atoms in total. The molecular formula is C10H15N3O2. The van der Waals surface area contributed by atoms with Crippen LogP contribution in [0.3, 0.4) is 0 Å². The molecule has 2 rings (SSSR count). The van der Waals surface area contributed by atoms with E-state index < -0.39 is 0 Å². The van der Waals surface area contributed by atoms with Crippen LogP contribution in [-0.2, 0) is 4.74 Å². The van der Waals surface area contributed by atoms with Crippen LogP contribution in [0.2, 0.25) is 0 Å². The van der Waals surface area contributed by atoms with Gasteiger partial charge in [-0.3, -0.25) is 4.79 Å². The lowest BCUT2D eigenvalue weighted by Gasteiger charge is -2.24. The summed E-state index contributed by atoms with van der Waals surface area (Å²) in [5.74, 6) is 0.651. The van der Waals surface area contributed by atoms with Crippen LogP contribution < -0.4 is 10.9 Å². The van der Waals surface area contributed by atoms with Gasteiger partial charge in [0.25, 0.3) is 5.56 Å². The van der Waals surface area contributed by atoms with Crippen molar-refractivity contribution in [2.45, 2.75) is 19.9 Å². The third-order valence-electron chi connectivity index (χ3n) is 2.53. The number of hydrogen-bond donors (Lipinski definition) is 2. The van der Waals surface area contributed by atoms with E-state index in [1.807, 2.05) is 6.92 Å². The number of aromatic nitrogens is 2. The summed E-state index contributed by atoms with van der Waals surface area (Å²) < 4.78 is 5.33. The quantitative estimate of drug-likeness (QED) is 0.685. The van der Waals surface area contributed by atoms with Gasteiger partial charge in [0.05, 0.1) is 24.8 Å². The molecule has 0 saturated carbocycles. The van der Waals surface area contributed by atoms with E-state index in [1.165, 1.54) is 0 Å². The number of aromatic amines is 1. The van der Waals surface area contributed by atoms with Gasteiger partial charge in [-0.1, -0.05) is 0 Å².